The number of carboxylic acids is 2. The molecule has 2 heterocycles. The second-order valence-electron chi connectivity index (χ2n) is 10.3. The lowest BCUT2D eigenvalue weighted by Gasteiger charge is -2.22. The Balaban J connectivity index is 1.61. The second kappa shape index (κ2) is 11.5. The minimum Gasteiger partial charge on any atom is -0.489 e. The highest BCUT2D eigenvalue weighted by Crippen LogP contribution is 2.26. The molecule has 2 aromatic heterocycles. The number of esters is 1. The molecule has 0 aliphatic carbocycles. The van der Waals surface area contributed by atoms with Crippen LogP contribution < -0.4 is 20.3 Å². The number of carboxylic acid groups (broad SMARTS) is 2. The van der Waals surface area contributed by atoms with E-state index < -0.39 is 46.4 Å². The molecule has 0 saturated heterocycles. The van der Waals surface area contributed by atoms with Crippen LogP contribution >= 0.6 is 0 Å². The molecule has 4 aromatic rings. The molecule has 0 amide bonds. The van der Waals surface area contributed by atoms with Crippen LogP contribution in [-0.2, 0) is 9.53 Å². The average Bonchev–Trinajstić information content (AvgIpc) is 2.88. The van der Waals surface area contributed by atoms with E-state index in [2.05, 4.69) is 0 Å². The topological polar surface area (TPSA) is 180 Å². The van der Waals surface area contributed by atoms with Crippen molar-refractivity contribution in [2.75, 3.05) is 13.2 Å². The summed E-state index contributed by atoms with van der Waals surface area (Å²) in [6.07, 6.45) is -0.944. The summed E-state index contributed by atoms with van der Waals surface area (Å²) < 4.78 is 27.8. The fourth-order valence-electron chi connectivity index (χ4n) is 3.95. The first kappa shape index (κ1) is 28.9. The molecular formula is C29H26O12. The number of carbonyl (C=O) groups is 3. The van der Waals surface area contributed by atoms with Gasteiger partial charge in [-0.05, 0) is 29.7 Å². The minimum atomic E-state index is -1.40. The van der Waals surface area contributed by atoms with Gasteiger partial charge in [-0.15, -0.1) is 0 Å². The molecule has 0 spiro atoms. The molecule has 2 aromatic carbocycles. The van der Waals surface area contributed by atoms with Crippen LogP contribution in [0.1, 0.15) is 48.3 Å². The Morgan fingerprint density at radius 3 is 1.61 bits per heavy atom. The molecule has 12 nitrogen and oxygen atoms in total. The van der Waals surface area contributed by atoms with Crippen LogP contribution in [0.2, 0.25) is 0 Å². The van der Waals surface area contributed by atoms with Gasteiger partial charge in [0.2, 0.25) is 11.5 Å². The van der Waals surface area contributed by atoms with Crippen LogP contribution in [0, 0.1) is 5.41 Å². The molecule has 2 N–H and O–H groups in total. The Hall–Kier alpha value is -5.13. The molecule has 12 heteroatoms. The first-order chi connectivity index (χ1) is 19.3. The van der Waals surface area contributed by atoms with Crippen LogP contribution in [-0.4, -0.2) is 47.4 Å². The third-order valence-corrected chi connectivity index (χ3v) is 5.68. The van der Waals surface area contributed by atoms with E-state index in [0.29, 0.717) is 0 Å². The summed E-state index contributed by atoms with van der Waals surface area (Å²) in [6, 6.07) is 10.5. The highest BCUT2D eigenvalue weighted by atomic mass is 16.6. The summed E-state index contributed by atoms with van der Waals surface area (Å²) in [5.74, 6) is -4.27. The molecule has 0 bridgehead atoms. The monoisotopic (exact) mass is 566 g/mol. The van der Waals surface area contributed by atoms with Gasteiger partial charge in [0.15, 0.2) is 17.0 Å². The number of benzene rings is 2. The Morgan fingerprint density at radius 1 is 0.780 bits per heavy atom. The number of fused-ring (bicyclic) bond motifs is 2. The van der Waals surface area contributed by atoms with E-state index in [4.69, 9.17) is 23.0 Å². The van der Waals surface area contributed by atoms with Crippen molar-refractivity contribution in [2.45, 2.75) is 33.3 Å². The summed E-state index contributed by atoms with van der Waals surface area (Å²) in [4.78, 5) is 60.5. The van der Waals surface area contributed by atoms with Crippen molar-refractivity contribution in [2.24, 2.45) is 5.41 Å². The molecule has 0 saturated carbocycles. The summed E-state index contributed by atoms with van der Waals surface area (Å²) in [5.41, 5.74) is -1.67. The van der Waals surface area contributed by atoms with E-state index in [1.165, 1.54) is 36.4 Å². The largest absolute Gasteiger partial charge is 0.489 e. The third kappa shape index (κ3) is 6.90. The summed E-state index contributed by atoms with van der Waals surface area (Å²) in [5, 5.41) is 18.3. The summed E-state index contributed by atoms with van der Waals surface area (Å²) in [7, 11) is 0. The van der Waals surface area contributed by atoms with Crippen LogP contribution in [0.4, 0.5) is 0 Å². The van der Waals surface area contributed by atoms with Crippen LogP contribution in [0.25, 0.3) is 21.9 Å². The van der Waals surface area contributed by atoms with E-state index in [-0.39, 0.29) is 58.5 Å². The van der Waals surface area contributed by atoms with E-state index in [0.717, 1.165) is 12.1 Å². The molecular weight excluding hydrogens is 540 g/mol. The van der Waals surface area contributed by atoms with Gasteiger partial charge in [-0.3, -0.25) is 14.4 Å². The number of rotatable bonds is 10. The van der Waals surface area contributed by atoms with Crippen LogP contribution in [0.3, 0.4) is 0 Å². The maximum atomic E-state index is 12.7. The Kier molecular flexibility index (Phi) is 8.13. The zero-order valence-corrected chi connectivity index (χ0v) is 22.3. The van der Waals surface area contributed by atoms with E-state index in [9.17, 15) is 34.2 Å². The van der Waals surface area contributed by atoms with Gasteiger partial charge < -0.3 is 33.3 Å². The van der Waals surface area contributed by atoms with Gasteiger partial charge in [0.1, 0.15) is 46.7 Å². The molecule has 41 heavy (non-hydrogen) atoms. The predicted molar refractivity (Wildman–Crippen MR) is 144 cm³/mol. The third-order valence-electron chi connectivity index (χ3n) is 5.68. The molecule has 0 aliphatic heterocycles. The van der Waals surface area contributed by atoms with Gasteiger partial charge >= 0.3 is 17.9 Å². The quantitative estimate of drug-likeness (QED) is 0.263. The SMILES string of the molecule is CC(C)(C)CC(=O)OC(COc1cccc2oc(C(=O)O)cc(=O)c12)COc1cccc2oc(C(=O)O)cc(=O)c12. The molecule has 214 valence electrons. The highest BCUT2D eigenvalue weighted by molar-refractivity contribution is 5.90. The van der Waals surface area contributed by atoms with Gasteiger partial charge in [-0.2, -0.15) is 0 Å². The lowest BCUT2D eigenvalue weighted by Crippen LogP contribution is -2.32. The number of ether oxygens (including phenoxy) is 3. The lowest BCUT2D eigenvalue weighted by atomic mass is 9.92. The summed E-state index contributed by atoms with van der Waals surface area (Å²) >= 11 is 0. The number of carbonyl (C=O) groups excluding carboxylic acids is 1. The van der Waals surface area contributed by atoms with Gasteiger partial charge in [-0.1, -0.05) is 32.9 Å². The molecule has 0 fully saturated rings. The maximum Gasteiger partial charge on any atom is 0.371 e. The lowest BCUT2D eigenvalue weighted by molar-refractivity contribution is -0.154. The normalized spacial score (nSPS) is 11.5. The molecule has 0 unspecified atom stereocenters. The van der Waals surface area contributed by atoms with Gasteiger partial charge in [0.25, 0.3) is 0 Å². The van der Waals surface area contributed by atoms with Crippen molar-refractivity contribution in [1.29, 1.82) is 0 Å². The smallest absolute Gasteiger partial charge is 0.371 e. The zero-order valence-electron chi connectivity index (χ0n) is 22.3. The van der Waals surface area contributed by atoms with Gasteiger partial charge in [-0.25, -0.2) is 9.59 Å². The second-order valence-corrected chi connectivity index (χ2v) is 10.3. The van der Waals surface area contributed by atoms with Gasteiger partial charge in [0.05, 0.1) is 6.42 Å². The van der Waals surface area contributed by atoms with Crippen molar-refractivity contribution >= 4 is 39.8 Å². The molecule has 0 aliphatic rings. The molecule has 0 atom stereocenters. The first-order valence-corrected chi connectivity index (χ1v) is 12.4. The fourth-order valence-corrected chi connectivity index (χ4v) is 3.95. The number of aromatic carboxylic acids is 2. The summed E-state index contributed by atoms with van der Waals surface area (Å²) in [6.45, 7) is 5.02. The van der Waals surface area contributed by atoms with E-state index in [1.54, 1.807) is 0 Å². The fraction of sp³-hybridized carbons (Fsp3) is 0.276. The van der Waals surface area contributed by atoms with Crippen molar-refractivity contribution < 1.29 is 47.6 Å². The van der Waals surface area contributed by atoms with Gasteiger partial charge in [0, 0.05) is 12.1 Å². The Morgan fingerprint density at radius 2 is 1.22 bits per heavy atom. The Labute approximate surface area is 231 Å². The Bertz CT molecular complexity index is 1640. The zero-order chi connectivity index (χ0) is 29.9. The predicted octanol–water partition coefficient (Wildman–Crippen LogP) is 4.10. The molecule has 0 radical (unpaired) electrons. The van der Waals surface area contributed by atoms with E-state index in [1.807, 2.05) is 20.8 Å². The molecule has 4 rings (SSSR count). The highest BCUT2D eigenvalue weighted by Gasteiger charge is 2.24. The first-order valence-electron chi connectivity index (χ1n) is 12.4. The maximum absolute atomic E-state index is 12.7. The van der Waals surface area contributed by atoms with E-state index >= 15 is 0 Å². The number of hydrogen-bond donors (Lipinski definition) is 2. The van der Waals surface area contributed by atoms with Crippen LogP contribution in [0.5, 0.6) is 11.5 Å². The van der Waals surface area contributed by atoms with Crippen molar-refractivity contribution in [3.8, 4) is 11.5 Å². The average molecular weight is 567 g/mol. The standard InChI is InChI=1S/C29H26O12/c1-29(2,3)12-24(32)39-15(13-37-18-6-4-8-20-25(18)16(30)10-22(40-20)27(33)34)14-38-19-7-5-9-21-26(19)17(31)11-23(41-21)28(35)36/h4-11,15H,12-14H2,1-3H3,(H,33,34)(H,35,36). The number of hydrogen-bond acceptors (Lipinski definition) is 10. The minimum absolute atomic E-state index is 0.000849. The van der Waals surface area contributed by atoms with Crippen LogP contribution in [0.15, 0.2) is 67.0 Å². The van der Waals surface area contributed by atoms with Crippen molar-refractivity contribution in [3.63, 3.8) is 0 Å². The van der Waals surface area contributed by atoms with Crippen molar-refractivity contribution in [1.82, 2.24) is 0 Å². The van der Waals surface area contributed by atoms with Crippen molar-refractivity contribution in [3.05, 3.63) is 80.5 Å².